The third-order valence-electron chi connectivity index (χ3n) is 7.05. The summed E-state index contributed by atoms with van der Waals surface area (Å²) in [4.78, 5) is 49.5. The van der Waals surface area contributed by atoms with Crippen molar-refractivity contribution in [1.82, 2.24) is 5.32 Å². The van der Waals surface area contributed by atoms with Crippen molar-refractivity contribution < 1.29 is 24.3 Å². The average molecular weight is 563 g/mol. The molecule has 2 atom stereocenters. The quantitative estimate of drug-likeness (QED) is 0.185. The lowest BCUT2D eigenvalue weighted by Crippen LogP contribution is -2.30. The molecule has 0 spiro atoms. The average Bonchev–Trinajstić information content (AvgIpc) is 3.43. The first-order valence-electron chi connectivity index (χ1n) is 13.6. The zero-order chi connectivity index (χ0) is 29.5. The van der Waals surface area contributed by atoms with Gasteiger partial charge in [0, 0.05) is 29.2 Å². The number of fused-ring (bicyclic) bond motifs is 1. The Hall–Kier alpha value is -5.44. The molecule has 0 fully saturated rings. The number of hydrogen-bond acceptors (Lipinski definition) is 5. The molecule has 5 rings (SSSR count). The standard InChI is InChI=1S/C33H30N4O5/c38-30(18-21-10-14-25(15-11-21)36-33(42)27-20-34-28-9-5-4-8-26(27)28)35-24-16-12-22(13-17-24)29(19-31(39)40)37-32(41)23-6-2-1-3-7-23/h1-17,27,29,34H,18-20H2,(H,35,38)(H,36,42)(H,37,41)(H,39,40). The molecule has 4 aromatic carbocycles. The predicted molar refractivity (Wildman–Crippen MR) is 160 cm³/mol. The Labute approximate surface area is 243 Å². The molecule has 9 nitrogen and oxygen atoms in total. The van der Waals surface area contributed by atoms with Crippen LogP contribution in [-0.2, 0) is 20.8 Å². The molecule has 2 unspecified atom stereocenters. The van der Waals surface area contributed by atoms with Crippen LogP contribution in [-0.4, -0.2) is 35.3 Å². The Morgan fingerprint density at radius 3 is 2.14 bits per heavy atom. The number of amides is 3. The molecule has 1 aliphatic rings. The molecule has 1 aliphatic heterocycles. The van der Waals surface area contributed by atoms with Crippen LogP contribution in [0, 0.1) is 0 Å². The Morgan fingerprint density at radius 1 is 0.786 bits per heavy atom. The zero-order valence-electron chi connectivity index (χ0n) is 22.7. The topological polar surface area (TPSA) is 137 Å². The van der Waals surface area contributed by atoms with E-state index in [4.69, 9.17) is 0 Å². The third-order valence-corrected chi connectivity index (χ3v) is 7.05. The van der Waals surface area contributed by atoms with Crippen LogP contribution in [0.3, 0.4) is 0 Å². The van der Waals surface area contributed by atoms with Crippen molar-refractivity contribution >= 4 is 40.8 Å². The molecule has 0 radical (unpaired) electrons. The number of benzene rings is 4. The van der Waals surface area contributed by atoms with Gasteiger partial charge in [0.05, 0.1) is 24.8 Å². The Balaban J connectivity index is 1.15. The fourth-order valence-electron chi connectivity index (χ4n) is 4.90. The molecule has 42 heavy (non-hydrogen) atoms. The lowest BCUT2D eigenvalue weighted by molar-refractivity contribution is -0.137. The number of aliphatic carboxylic acids is 1. The summed E-state index contributed by atoms with van der Waals surface area (Å²) < 4.78 is 0. The number of para-hydroxylation sites is 1. The van der Waals surface area contributed by atoms with E-state index in [1.807, 2.05) is 24.3 Å². The van der Waals surface area contributed by atoms with Crippen LogP contribution >= 0.6 is 0 Å². The molecule has 0 saturated carbocycles. The molecule has 0 aliphatic carbocycles. The van der Waals surface area contributed by atoms with E-state index < -0.39 is 12.0 Å². The second kappa shape index (κ2) is 12.8. The van der Waals surface area contributed by atoms with Gasteiger partial charge in [-0.2, -0.15) is 0 Å². The molecule has 4 aromatic rings. The number of carbonyl (C=O) groups excluding carboxylic acids is 3. The number of hydrogen-bond donors (Lipinski definition) is 5. The minimum atomic E-state index is -1.04. The van der Waals surface area contributed by atoms with Crippen LogP contribution in [0.15, 0.2) is 103 Å². The normalized spacial score (nSPS) is 14.1. The summed E-state index contributed by atoms with van der Waals surface area (Å²) in [6, 6.07) is 29.5. The van der Waals surface area contributed by atoms with Crippen molar-refractivity contribution in [2.45, 2.75) is 24.8 Å². The number of carbonyl (C=O) groups is 4. The molecule has 1 heterocycles. The number of carboxylic acid groups (broad SMARTS) is 1. The first-order valence-corrected chi connectivity index (χ1v) is 13.6. The minimum Gasteiger partial charge on any atom is -0.481 e. The van der Waals surface area contributed by atoms with Crippen molar-refractivity contribution in [3.05, 3.63) is 125 Å². The van der Waals surface area contributed by atoms with Crippen LogP contribution in [0.1, 0.15) is 45.4 Å². The largest absolute Gasteiger partial charge is 0.481 e. The Kier molecular flexibility index (Phi) is 8.58. The van der Waals surface area contributed by atoms with Crippen LogP contribution in [0.25, 0.3) is 0 Å². The highest BCUT2D eigenvalue weighted by Gasteiger charge is 2.28. The van der Waals surface area contributed by atoms with Crippen molar-refractivity contribution in [1.29, 1.82) is 0 Å². The summed E-state index contributed by atoms with van der Waals surface area (Å²) in [5.74, 6) is -2.00. The molecule has 3 amide bonds. The van der Waals surface area contributed by atoms with E-state index in [1.54, 1.807) is 78.9 Å². The molecule has 9 heteroatoms. The van der Waals surface area contributed by atoms with E-state index in [2.05, 4.69) is 21.3 Å². The first kappa shape index (κ1) is 28.1. The summed E-state index contributed by atoms with van der Waals surface area (Å²) in [6.45, 7) is 0.549. The highest BCUT2D eigenvalue weighted by atomic mass is 16.4. The summed E-state index contributed by atoms with van der Waals surface area (Å²) in [5.41, 5.74) is 4.97. The second-order valence-electron chi connectivity index (χ2n) is 10.0. The highest BCUT2D eigenvalue weighted by molar-refractivity contribution is 5.98. The molecule has 212 valence electrons. The Bertz CT molecular complexity index is 1590. The SMILES string of the molecule is O=C(O)CC(NC(=O)c1ccccc1)c1ccc(NC(=O)Cc2ccc(NC(=O)C3CNc4ccccc43)cc2)cc1. The van der Waals surface area contributed by atoms with Gasteiger partial charge in [-0.25, -0.2) is 0 Å². The van der Waals surface area contributed by atoms with Crippen molar-refractivity contribution in [2.24, 2.45) is 0 Å². The summed E-state index contributed by atoms with van der Waals surface area (Å²) >= 11 is 0. The van der Waals surface area contributed by atoms with Crippen LogP contribution in [0.5, 0.6) is 0 Å². The van der Waals surface area contributed by atoms with Gasteiger partial charge < -0.3 is 26.4 Å². The van der Waals surface area contributed by atoms with Gasteiger partial charge in [0.2, 0.25) is 11.8 Å². The van der Waals surface area contributed by atoms with Gasteiger partial charge in [0.1, 0.15) is 0 Å². The highest BCUT2D eigenvalue weighted by Crippen LogP contribution is 2.32. The number of rotatable bonds is 10. The van der Waals surface area contributed by atoms with Crippen molar-refractivity contribution in [2.75, 3.05) is 22.5 Å². The molecular weight excluding hydrogens is 532 g/mol. The van der Waals surface area contributed by atoms with Gasteiger partial charge in [-0.1, -0.05) is 60.7 Å². The van der Waals surface area contributed by atoms with E-state index in [-0.39, 0.29) is 36.5 Å². The number of anilines is 3. The van der Waals surface area contributed by atoms with E-state index >= 15 is 0 Å². The minimum absolute atomic E-state index is 0.0911. The van der Waals surface area contributed by atoms with Gasteiger partial charge >= 0.3 is 5.97 Å². The smallest absolute Gasteiger partial charge is 0.305 e. The maximum atomic E-state index is 12.8. The second-order valence-corrected chi connectivity index (χ2v) is 10.0. The van der Waals surface area contributed by atoms with Gasteiger partial charge in [-0.3, -0.25) is 19.2 Å². The van der Waals surface area contributed by atoms with Crippen LogP contribution in [0.2, 0.25) is 0 Å². The van der Waals surface area contributed by atoms with Gasteiger partial charge in [0.15, 0.2) is 0 Å². The first-order chi connectivity index (χ1) is 20.4. The lowest BCUT2D eigenvalue weighted by Gasteiger charge is -2.18. The number of nitrogens with one attached hydrogen (secondary N) is 4. The maximum Gasteiger partial charge on any atom is 0.305 e. The van der Waals surface area contributed by atoms with Gasteiger partial charge in [-0.05, 0) is 59.2 Å². The fourth-order valence-corrected chi connectivity index (χ4v) is 4.90. The molecule has 0 aromatic heterocycles. The summed E-state index contributed by atoms with van der Waals surface area (Å²) in [5, 5.41) is 21.2. The van der Waals surface area contributed by atoms with E-state index in [0.717, 1.165) is 16.8 Å². The van der Waals surface area contributed by atoms with Crippen LogP contribution in [0.4, 0.5) is 17.1 Å². The monoisotopic (exact) mass is 562 g/mol. The van der Waals surface area contributed by atoms with Crippen LogP contribution < -0.4 is 21.3 Å². The Morgan fingerprint density at radius 2 is 1.43 bits per heavy atom. The maximum absolute atomic E-state index is 12.8. The summed E-state index contributed by atoms with van der Waals surface area (Å²) in [6.07, 6.45) is -0.157. The number of carboxylic acids is 1. The van der Waals surface area contributed by atoms with E-state index in [0.29, 0.717) is 29.0 Å². The lowest BCUT2D eigenvalue weighted by atomic mass is 10.0. The molecular formula is C33H30N4O5. The van der Waals surface area contributed by atoms with Gasteiger partial charge in [0.25, 0.3) is 5.91 Å². The van der Waals surface area contributed by atoms with Crippen molar-refractivity contribution in [3.8, 4) is 0 Å². The molecule has 5 N–H and O–H groups in total. The molecule has 0 bridgehead atoms. The fraction of sp³-hybridized carbons (Fsp3) is 0.152. The van der Waals surface area contributed by atoms with Crippen molar-refractivity contribution in [3.63, 3.8) is 0 Å². The predicted octanol–water partition coefficient (Wildman–Crippen LogP) is 4.96. The van der Waals surface area contributed by atoms with E-state index in [9.17, 15) is 24.3 Å². The van der Waals surface area contributed by atoms with Gasteiger partial charge in [-0.15, -0.1) is 0 Å². The summed E-state index contributed by atoms with van der Waals surface area (Å²) in [7, 11) is 0. The van der Waals surface area contributed by atoms with E-state index in [1.165, 1.54) is 0 Å². The third kappa shape index (κ3) is 7.00. The molecule has 0 saturated heterocycles. The zero-order valence-corrected chi connectivity index (χ0v) is 22.7.